The van der Waals surface area contributed by atoms with E-state index in [0.717, 1.165) is 18.8 Å². The summed E-state index contributed by atoms with van der Waals surface area (Å²) in [7, 11) is 0. The van der Waals surface area contributed by atoms with Crippen molar-refractivity contribution in [2.24, 2.45) is 0 Å². The third kappa shape index (κ3) is 3.72. The summed E-state index contributed by atoms with van der Waals surface area (Å²) in [5.41, 5.74) is 6.68. The van der Waals surface area contributed by atoms with Gasteiger partial charge in [0.2, 0.25) is 0 Å². The number of pyridine rings is 1. The molecule has 2 heterocycles. The van der Waals surface area contributed by atoms with Gasteiger partial charge in [-0.2, -0.15) is 0 Å². The molecule has 0 unspecified atom stereocenters. The fourth-order valence-electron chi connectivity index (χ4n) is 1.09. The van der Waals surface area contributed by atoms with Crippen LogP contribution in [0.15, 0.2) is 18.5 Å². The predicted octanol–water partition coefficient (Wildman–Crippen LogP) is 0.953. The fourth-order valence-corrected chi connectivity index (χ4v) is 1.09. The van der Waals surface area contributed by atoms with Gasteiger partial charge in [0.05, 0.1) is 18.5 Å². The van der Waals surface area contributed by atoms with E-state index in [9.17, 15) is 0 Å². The van der Waals surface area contributed by atoms with Crippen molar-refractivity contribution in [2.45, 2.75) is 19.4 Å². The zero-order valence-electron chi connectivity index (χ0n) is 8.15. The zero-order valence-corrected chi connectivity index (χ0v) is 8.15. The number of aliphatic hydroxyl groups excluding tert-OH is 1. The summed E-state index contributed by atoms with van der Waals surface area (Å²) in [4.78, 5) is 3.76. The van der Waals surface area contributed by atoms with Crippen LogP contribution in [0.4, 0.5) is 5.69 Å². The van der Waals surface area contributed by atoms with E-state index in [1.165, 1.54) is 19.0 Å². The summed E-state index contributed by atoms with van der Waals surface area (Å²) in [6.07, 6.45) is 5.67. The minimum absolute atomic E-state index is 0.0195. The SMILES string of the molecule is C1CCOC1.Nc1cnccc1CO. The molecule has 0 amide bonds. The van der Waals surface area contributed by atoms with Crippen LogP contribution >= 0.6 is 0 Å². The van der Waals surface area contributed by atoms with E-state index < -0.39 is 0 Å². The Labute approximate surface area is 83.7 Å². The molecule has 0 aliphatic carbocycles. The number of aliphatic hydroxyl groups is 1. The van der Waals surface area contributed by atoms with E-state index in [1.54, 1.807) is 12.3 Å². The number of nitrogen functional groups attached to an aromatic ring is 1. The van der Waals surface area contributed by atoms with Crippen molar-refractivity contribution < 1.29 is 9.84 Å². The highest BCUT2D eigenvalue weighted by atomic mass is 16.5. The minimum atomic E-state index is -0.0195. The fraction of sp³-hybridized carbons (Fsp3) is 0.500. The molecule has 14 heavy (non-hydrogen) atoms. The molecule has 0 atom stereocenters. The first-order valence-corrected chi connectivity index (χ1v) is 4.71. The molecule has 78 valence electrons. The second-order valence-corrected chi connectivity index (χ2v) is 3.05. The van der Waals surface area contributed by atoms with E-state index in [-0.39, 0.29) is 6.61 Å². The Kier molecular flexibility index (Phi) is 4.96. The molecule has 0 spiro atoms. The number of rotatable bonds is 1. The first-order chi connectivity index (χ1) is 6.84. The standard InChI is InChI=1S/C6H8N2O.C4H8O/c7-6-3-8-2-1-5(6)4-9;1-2-4-5-3-1/h1-3,9H,4,7H2;1-4H2. The molecular formula is C10H16N2O2. The summed E-state index contributed by atoms with van der Waals surface area (Å²) in [5.74, 6) is 0. The van der Waals surface area contributed by atoms with Crippen molar-refractivity contribution in [1.29, 1.82) is 0 Å². The Morgan fingerprint density at radius 3 is 2.50 bits per heavy atom. The molecule has 0 bridgehead atoms. The molecule has 1 aromatic rings. The maximum Gasteiger partial charge on any atom is 0.0703 e. The molecule has 4 nitrogen and oxygen atoms in total. The monoisotopic (exact) mass is 196 g/mol. The number of anilines is 1. The molecule has 0 saturated carbocycles. The van der Waals surface area contributed by atoms with Crippen molar-refractivity contribution in [3.05, 3.63) is 24.0 Å². The largest absolute Gasteiger partial charge is 0.397 e. The molecule has 1 aliphatic heterocycles. The Morgan fingerprint density at radius 1 is 1.43 bits per heavy atom. The number of aromatic nitrogens is 1. The molecular weight excluding hydrogens is 180 g/mol. The maximum atomic E-state index is 8.61. The van der Waals surface area contributed by atoms with E-state index >= 15 is 0 Å². The number of nitrogens with zero attached hydrogens (tertiary/aromatic N) is 1. The number of ether oxygens (including phenoxy) is 1. The van der Waals surface area contributed by atoms with Gasteiger partial charge >= 0.3 is 0 Å². The molecule has 1 fully saturated rings. The van der Waals surface area contributed by atoms with Gasteiger partial charge in [-0.25, -0.2) is 0 Å². The lowest BCUT2D eigenvalue weighted by molar-refractivity contribution is 0.198. The average Bonchev–Trinajstić information content (AvgIpc) is 2.76. The van der Waals surface area contributed by atoms with Crippen LogP contribution < -0.4 is 5.73 Å². The van der Waals surface area contributed by atoms with Gasteiger partial charge in [-0.15, -0.1) is 0 Å². The Balaban J connectivity index is 0.000000165. The lowest BCUT2D eigenvalue weighted by Gasteiger charge is -1.97. The Hall–Kier alpha value is -1.13. The topological polar surface area (TPSA) is 68.4 Å². The third-order valence-electron chi connectivity index (χ3n) is 1.94. The number of hydrogen-bond donors (Lipinski definition) is 2. The van der Waals surface area contributed by atoms with Crippen molar-refractivity contribution in [2.75, 3.05) is 18.9 Å². The quantitative estimate of drug-likeness (QED) is 0.701. The highest BCUT2D eigenvalue weighted by molar-refractivity contribution is 5.42. The van der Waals surface area contributed by atoms with Crippen LogP contribution in [-0.2, 0) is 11.3 Å². The van der Waals surface area contributed by atoms with Crippen molar-refractivity contribution in [3.8, 4) is 0 Å². The molecule has 1 saturated heterocycles. The predicted molar refractivity (Wildman–Crippen MR) is 54.6 cm³/mol. The summed E-state index contributed by atoms with van der Waals surface area (Å²) in [6, 6.07) is 1.69. The zero-order chi connectivity index (χ0) is 10.2. The second-order valence-electron chi connectivity index (χ2n) is 3.05. The van der Waals surface area contributed by atoms with Crippen LogP contribution in [0.1, 0.15) is 18.4 Å². The van der Waals surface area contributed by atoms with Crippen LogP contribution in [-0.4, -0.2) is 23.3 Å². The summed E-state index contributed by atoms with van der Waals surface area (Å²) in [6.45, 7) is 1.98. The van der Waals surface area contributed by atoms with E-state index in [2.05, 4.69) is 4.98 Å². The van der Waals surface area contributed by atoms with Gasteiger partial charge in [-0.1, -0.05) is 0 Å². The smallest absolute Gasteiger partial charge is 0.0703 e. The van der Waals surface area contributed by atoms with E-state index in [0.29, 0.717) is 5.69 Å². The van der Waals surface area contributed by atoms with E-state index in [1.807, 2.05) is 0 Å². The van der Waals surface area contributed by atoms with E-state index in [4.69, 9.17) is 15.6 Å². The van der Waals surface area contributed by atoms with Crippen molar-refractivity contribution in [1.82, 2.24) is 4.98 Å². The Bertz CT molecular complexity index is 254. The molecule has 0 aromatic carbocycles. The molecule has 2 rings (SSSR count). The number of nitrogens with two attached hydrogens (primary N) is 1. The molecule has 0 radical (unpaired) electrons. The average molecular weight is 196 g/mol. The lowest BCUT2D eigenvalue weighted by atomic mass is 10.2. The highest BCUT2D eigenvalue weighted by Gasteiger charge is 1.94. The van der Waals surface area contributed by atoms with Gasteiger partial charge in [-0.3, -0.25) is 4.98 Å². The molecule has 3 N–H and O–H groups in total. The Morgan fingerprint density at radius 2 is 2.14 bits per heavy atom. The lowest BCUT2D eigenvalue weighted by Crippen LogP contribution is -1.93. The second kappa shape index (κ2) is 6.34. The summed E-state index contributed by atoms with van der Waals surface area (Å²) < 4.78 is 4.94. The van der Waals surface area contributed by atoms with Gasteiger partial charge in [0, 0.05) is 25.0 Å². The van der Waals surface area contributed by atoms with Gasteiger partial charge in [0.15, 0.2) is 0 Å². The first-order valence-electron chi connectivity index (χ1n) is 4.71. The van der Waals surface area contributed by atoms with Crippen LogP contribution in [0.5, 0.6) is 0 Å². The van der Waals surface area contributed by atoms with Crippen LogP contribution in [0.2, 0.25) is 0 Å². The van der Waals surface area contributed by atoms with Crippen LogP contribution in [0.3, 0.4) is 0 Å². The number of hydrogen-bond acceptors (Lipinski definition) is 4. The normalized spacial score (nSPS) is 14.6. The summed E-state index contributed by atoms with van der Waals surface area (Å²) >= 11 is 0. The van der Waals surface area contributed by atoms with Crippen LogP contribution in [0.25, 0.3) is 0 Å². The van der Waals surface area contributed by atoms with Gasteiger partial charge < -0.3 is 15.6 Å². The molecule has 1 aliphatic rings. The van der Waals surface area contributed by atoms with Gasteiger partial charge in [0.1, 0.15) is 0 Å². The van der Waals surface area contributed by atoms with Crippen LogP contribution in [0, 0.1) is 0 Å². The van der Waals surface area contributed by atoms with Gasteiger partial charge in [0.25, 0.3) is 0 Å². The maximum absolute atomic E-state index is 8.61. The van der Waals surface area contributed by atoms with Crippen molar-refractivity contribution in [3.63, 3.8) is 0 Å². The first kappa shape index (κ1) is 10.9. The highest BCUT2D eigenvalue weighted by Crippen LogP contribution is 2.06. The molecule has 4 heteroatoms. The minimum Gasteiger partial charge on any atom is -0.397 e. The summed E-state index contributed by atoms with van der Waals surface area (Å²) in [5, 5.41) is 8.61. The molecule has 1 aromatic heterocycles. The third-order valence-corrected chi connectivity index (χ3v) is 1.94. The van der Waals surface area contributed by atoms with Crippen molar-refractivity contribution >= 4 is 5.69 Å². The van der Waals surface area contributed by atoms with Gasteiger partial charge in [-0.05, 0) is 18.9 Å².